The predicted molar refractivity (Wildman–Crippen MR) is 46.1 cm³/mol. The molecule has 0 bridgehead atoms. The number of nitrogens with one attached hydrogen (secondary N) is 1. The molecule has 1 rings (SSSR count). The quantitative estimate of drug-likeness (QED) is 0.641. The lowest BCUT2D eigenvalue weighted by Gasteiger charge is -2.07. The molecule has 1 heterocycles. The number of aromatic nitrogens is 1. The Bertz CT molecular complexity index is 241. The van der Waals surface area contributed by atoms with Crippen LogP contribution in [0, 0.1) is 5.41 Å². The molecule has 0 saturated carbocycles. The van der Waals surface area contributed by atoms with E-state index < -0.39 is 0 Å². The van der Waals surface area contributed by atoms with Crippen molar-refractivity contribution in [1.29, 1.82) is 5.41 Å². The summed E-state index contributed by atoms with van der Waals surface area (Å²) in [6.07, 6.45) is 3.55. The second-order valence-corrected chi connectivity index (χ2v) is 2.69. The zero-order valence-corrected chi connectivity index (χ0v) is 6.83. The molecule has 1 aromatic heterocycles. The van der Waals surface area contributed by atoms with Gasteiger partial charge in [0, 0.05) is 24.0 Å². The molecule has 0 saturated heterocycles. The van der Waals surface area contributed by atoms with Crippen LogP contribution in [0.4, 0.5) is 0 Å². The van der Waals surface area contributed by atoms with Crippen molar-refractivity contribution >= 4 is 5.71 Å². The van der Waals surface area contributed by atoms with E-state index in [2.05, 4.69) is 4.98 Å². The number of pyridine rings is 1. The van der Waals surface area contributed by atoms with Crippen LogP contribution in [-0.2, 0) is 0 Å². The summed E-state index contributed by atoms with van der Waals surface area (Å²) in [7, 11) is 0. The minimum atomic E-state index is 0.198. The SMILES string of the molecule is CC(=N)C(C)c1cccnc1. The van der Waals surface area contributed by atoms with Gasteiger partial charge in [0.2, 0.25) is 0 Å². The summed E-state index contributed by atoms with van der Waals surface area (Å²) in [4.78, 5) is 3.99. The van der Waals surface area contributed by atoms with E-state index in [9.17, 15) is 0 Å². The predicted octanol–water partition coefficient (Wildman–Crippen LogP) is 2.22. The first kappa shape index (κ1) is 7.92. The Morgan fingerprint density at radius 1 is 1.64 bits per heavy atom. The number of rotatable bonds is 2. The average molecular weight is 148 g/mol. The van der Waals surface area contributed by atoms with Crippen LogP contribution in [0.15, 0.2) is 24.5 Å². The lowest BCUT2D eigenvalue weighted by atomic mass is 9.99. The summed E-state index contributed by atoms with van der Waals surface area (Å²) in [5.74, 6) is 0.198. The van der Waals surface area contributed by atoms with Gasteiger partial charge < -0.3 is 5.41 Å². The summed E-state index contributed by atoms with van der Waals surface area (Å²) in [5, 5.41) is 7.41. The van der Waals surface area contributed by atoms with E-state index in [0.29, 0.717) is 5.71 Å². The Labute approximate surface area is 66.8 Å². The van der Waals surface area contributed by atoms with Gasteiger partial charge in [-0.05, 0) is 18.6 Å². The van der Waals surface area contributed by atoms with Crippen LogP contribution in [-0.4, -0.2) is 10.7 Å². The molecule has 0 fully saturated rings. The summed E-state index contributed by atoms with van der Waals surface area (Å²) in [5.41, 5.74) is 1.79. The van der Waals surface area contributed by atoms with Crippen molar-refractivity contribution in [2.75, 3.05) is 0 Å². The molecule has 11 heavy (non-hydrogen) atoms. The minimum absolute atomic E-state index is 0.198. The maximum Gasteiger partial charge on any atom is 0.0306 e. The first-order chi connectivity index (χ1) is 5.22. The standard InChI is InChI=1S/C9H12N2/c1-7(8(2)10)9-4-3-5-11-6-9/h3-7,10H,1-2H3. The van der Waals surface area contributed by atoms with Crippen LogP contribution < -0.4 is 0 Å². The second kappa shape index (κ2) is 3.28. The fourth-order valence-corrected chi connectivity index (χ4v) is 0.882. The highest BCUT2D eigenvalue weighted by atomic mass is 14.6. The molecule has 0 spiro atoms. The Hall–Kier alpha value is -1.18. The van der Waals surface area contributed by atoms with Gasteiger partial charge >= 0.3 is 0 Å². The van der Waals surface area contributed by atoms with E-state index in [1.54, 1.807) is 6.20 Å². The van der Waals surface area contributed by atoms with E-state index >= 15 is 0 Å². The molecule has 1 atom stereocenters. The number of hydrogen-bond donors (Lipinski definition) is 1. The molecular formula is C9H12N2. The lowest BCUT2D eigenvalue weighted by Crippen LogP contribution is -2.03. The first-order valence-electron chi connectivity index (χ1n) is 3.67. The molecule has 0 aliphatic carbocycles. The fourth-order valence-electron chi connectivity index (χ4n) is 0.882. The molecule has 0 amide bonds. The van der Waals surface area contributed by atoms with E-state index in [1.807, 2.05) is 32.2 Å². The van der Waals surface area contributed by atoms with Gasteiger partial charge in [0.05, 0.1) is 0 Å². The summed E-state index contributed by atoms with van der Waals surface area (Å²) < 4.78 is 0. The van der Waals surface area contributed by atoms with Crippen LogP contribution in [0.1, 0.15) is 25.3 Å². The largest absolute Gasteiger partial charge is 0.309 e. The van der Waals surface area contributed by atoms with Crippen molar-refractivity contribution < 1.29 is 0 Å². The van der Waals surface area contributed by atoms with Gasteiger partial charge in [-0.1, -0.05) is 13.0 Å². The Balaban J connectivity index is 2.85. The Morgan fingerprint density at radius 3 is 2.82 bits per heavy atom. The Kier molecular flexibility index (Phi) is 2.36. The zero-order chi connectivity index (χ0) is 8.27. The van der Waals surface area contributed by atoms with Crippen LogP contribution in [0.3, 0.4) is 0 Å². The third-order valence-electron chi connectivity index (χ3n) is 1.83. The highest BCUT2D eigenvalue weighted by Gasteiger charge is 2.05. The zero-order valence-electron chi connectivity index (χ0n) is 6.83. The van der Waals surface area contributed by atoms with Crippen LogP contribution in [0.2, 0.25) is 0 Å². The number of hydrogen-bond acceptors (Lipinski definition) is 2. The van der Waals surface area contributed by atoms with E-state index in [-0.39, 0.29) is 5.92 Å². The Morgan fingerprint density at radius 2 is 2.36 bits per heavy atom. The number of nitrogens with zero attached hydrogens (tertiary/aromatic N) is 1. The molecule has 2 heteroatoms. The molecule has 0 aliphatic heterocycles. The van der Waals surface area contributed by atoms with Gasteiger partial charge in [0.25, 0.3) is 0 Å². The summed E-state index contributed by atoms with van der Waals surface area (Å²) in [6.45, 7) is 3.83. The van der Waals surface area contributed by atoms with E-state index in [0.717, 1.165) is 5.56 Å². The lowest BCUT2D eigenvalue weighted by molar-refractivity contribution is 0.984. The van der Waals surface area contributed by atoms with Crippen LogP contribution in [0.5, 0.6) is 0 Å². The maximum absolute atomic E-state index is 7.41. The molecule has 0 aliphatic rings. The highest BCUT2D eigenvalue weighted by Crippen LogP contribution is 2.13. The fraction of sp³-hybridized carbons (Fsp3) is 0.333. The van der Waals surface area contributed by atoms with Crippen LogP contribution >= 0.6 is 0 Å². The van der Waals surface area contributed by atoms with Crippen molar-refractivity contribution in [3.8, 4) is 0 Å². The molecule has 58 valence electrons. The van der Waals surface area contributed by atoms with Gasteiger partial charge in [-0.3, -0.25) is 4.98 Å². The molecule has 2 nitrogen and oxygen atoms in total. The van der Waals surface area contributed by atoms with Gasteiger partial charge in [0.1, 0.15) is 0 Å². The average Bonchev–Trinajstić information content (AvgIpc) is 2.05. The third kappa shape index (κ3) is 1.87. The topological polar surface area (TPSA) is 36.7 Å². The minimum Gasteiger partial charge on any atom is -0.309 e. The summed E-state index contributed by atoms with van der Waals surface area (Å²) >= 11 is 0. The van der Waals surface area contributed by atoms with Gasteiger partial charge in [-0.15, -0.1) is 0 Å². The van der Waals surface area contributed by atoms with Crippen molar-refractivity contribution in [1.82, 2.24) is 4.98 Å². The third-order valence-corrected chi connectivity index (χ3v) is 1.83. The monoisotopic (exact) mass is 148 g/mol. The van der Waals surface area contributed by atoms with E-state index in [4.69, 9.17) is 5.41 Å². The van der Waals surface area contributed by atoms with Crippen molar-refractivity contribution in [3.05, 3.63) is 30.1 Å². The molecule has 0 aromatic carbocycles. The highest BCUT2D eigenvalue weighted by molar-refractivity contribution is 5.85. The molecule has 0 radical (unpaired) electrons. The molecule has 1 aromatic rings. The molecular weight excluding hydrogens is 136 g/mol. The van der Waals surface area contributed by atoms with E-state index in [1.165, 1.54) is 0 Å². The molecule has 1 N–H and O–H groups in total. The normalized spacial score (nSPS) is 12.5. The first-order valence-corrected chi connectivity index (χ1v) is 3.67. The summed E-state index contributed by atoms with van der Waals surface area (Å²) in [6, 6.07) is 3.89. The second-order valence-electron chi connectivity index (χ2n) is 2.69. The van der Waals surface area contributed by atoms with Crippen molar-refractivity contribution in [3.63, 3.8) is 0 Å². The van der Waals surface area contributed by atoms with Crippen molar-refractivity contribution in [2.24, 2.45) is 0 Å². The molecule has 1 unspecified atom stereocenters. The van der Waals surface area contributed by atoms with Crippen molar-refractivity contribution in [2.45, 2.75) is 19.8 Å². The smallest absolute Gasteiger partial charge is 0.0306 e. The van der Waals surface area contributed by atoms with Crippen LogP contribution in [0.25, 0.3) is 0 Å². The van der Waals surface area contributed by atoms with Gasteiger partial charge in [0.15, 0.2) is 0 Å². The maximum atomic E-state index is 7.41. The van der Waals surface area contributed by atoms with Gasteiger partial charge in [-0.25, -0.2) is 0 Å². The van der Waals surface area contributed by atoms with Gasteiger partial charge in [-0.2, -0.15) is 0 Å².